The Labute approximate surface area is 212 Å². The Bertz CT molecular complexity index is 1040. The van der Waals surface area contributed by atoms with E-state index in [4.69, 9.17) is 11.5 Å². The molecular formula is C26H36N6O2S. The molecule has 2 aromatic rings. The first-order valence-electron chi connectivity index (χ1n) is 12.3. The van der Waals surface area contributed by atoms with Crippen LogP contribution in [0.3, 0.4) is 0 Å². The van der Waals surface area contributed by atoms with Crippen LogP contribution >= 0.6 is 11.8 Å². The van der Waals surface area contributed by atoms with Crippen molar-refractivity contribution in [3.05, 3.63) is 48.0 Å². The predicted octanol–water partition coefficient (Wildman–Crippen LogP) is 1.92. The van der Waals surface area contributed by atoms with Gasteiger partial charge >= 0.3 is 0 Å². The monoisotopic (exact) mass is 496 g/mol. The van der Waals surface area contributed by atoms with Crippen LogP contribution in [0.25, 0.3) is 0 Å². The molecule has 0 spiro atoms. The highest BCUT2D eigenvalue weighted by atomic mass is 32.2. The van der Waals surface area contributed by atoms with Gasteiger partial charge in [0.2, 0.25) is 11.8 Å². The van der Waals surface area contributed by atoms with Gasteiger partial charge in [-0.2, -0.15) is 0 Å². The number of carbonyl (C=O) groups excluding carboxylic acids is 2. The molecule has 0 aliphatic carbocycles. The first-order chi connectivity index (χ1) is 16.9. The molecule has 0 saturated carbocycles. The maximum absolute atomic E-state index is 11.9. The molecule has 2 aliphatic rings. The van der Waals surface area contributed by atoms with Crippen LogP contribution < -0.4 is 21.7 Å². The summed E-state index contributed by atoms with van der Waals surface area (Å²) in [7, 11) is 0. The van der Waals surface area contributed by atoms with Crippen LogP contribution in [-0.2, 0) is 9.59 Å². The zero-order valence-corrected chi connectivity index (χ0v) is 21.2. The van der Waals surface area contributed by atoms with Crippen LogP contribution in [-0.4, -0.2) is 80.0 Å². The van der Waals surface area contributed by atoms with E-state index in [1.807, 2.05) is 11.8 Å². The van der Waals surface area contributed by atoms with Crippen molar-refractivity contribution in [2.75, 3.05) is 57.3 Å². The number of aryl methyl sites for hydroxylation is 1. The third-order valence-corrected chi connectivity index (χ3v) is 7.72. The highest BCUT2D eigenvalue weighted by Crippen LogP contribution is 2.48. The van der Waals surface area contributed by atoms with E-state index in [0.717, 1.165) is 52.2 Å². The number of anilines is 2. The number of piperazine rings is 1. The molecule has 5 N–H and O–H groups in total. The van der Waals surface area contributed by atoms with Crippen LogP contribution in [0.4, 0.5) is 11.4 Å². The van der Waals surface area contributed by atoms with Gasteiger partial charge in [0.05, 0.1) is 23.8 Å². The highest BCUT2D eigenvalue weighted by molar-refractivity contribution is 7.99. The number of para-hydroxylation sites is 1. The van der Waals surface area contributed by atoms with Gasteiger partial charge in [0.1, 0.15) is 0 Å². The number of primary amides is 1. The third kappa shape index (κ3) is 6.76. The first-order valence-corrected chi connectivity index (χ1v) is 13.1. The summed E-state index contributed by atoms with van der Waals surface area (Å²) in [5.74, 6) is -0.886. The molecule has 4 rings (SSSR count). The minimum absolute atomic E-state index is 0.127. The smallest absolute Gasteiger partial charge is 0.237 e. The van der Waals surface area contributed by atoms with Gasteiger partial charge in [-0.15, -0.1) is 0 Å². The van der Waals surface area contributed by atoms with Crippen LogP contribution in [0.15, 0.2) is 52.3 Å². The standard InChI is InChI=1S/C26H36N6O2S/c1-19-7-8-24-22(17-19)32(21-5-2-3-6-23(21)35-24)11-4-10-30-13-15-31(16-14-30)12-9-29-26(34)20(27)18-25(28)33/h2-3,5-8,17,20H,4,9-16,18,27H2,1H3,(H2,28,33)(H,29,34). The molecule has 0 radical (unpaired) electrons. The van der Waals surface area contributed by atoms with Crippen molar-refractivity contribution in [2.24, 2.45) is 11.5 Å². The van der Waals surface area contributed by atoms with E-state index < -0.39 is 11.9 Å². The molecule has 2 aliphatic heterocycles. The van der Waals surface area contributed by atoms with Crippen molar-refractivity contribution in [2.45, 2.75) is 35.6 Å². The summed E-state index contributed by atoms with van der Waals surface area (Å²) in [6.45, 7) is 9.53. The molecule has 1 saturated heterocycles. The van der Waals surface area contributed by atoms with Gasteiger partial charge in [0.25, 0.3) is 0 Å². The fourth-order valence-electron chi connectivity index (χ4n) is 4.65. The molecule has 1 fully saturated rings. The second-order valence-corrected chi connectivity index (χ2v) is 10.4. The molecule has 0 aromatic heterocycles. The molecule has 2 aromatic carbocycles. The lowest BCUT2D eigenvalue weighted by Gasteiger charge is -2.36. The summed E-state index contributed by atoms with van der Waals surface area (Å²) in [5, 5.41) is 2.80. The zero-order valence-electron chi connectivity index (χ0n) is 20.4. The van der Waals surface area contributed by atoms with Crippen molar-refractivity contribution in [3.63, 3.8) is 0 Å². The number of benzene rings is 2. The van der Waals surface area contributed by atoms with E-state index >= 15 is 0 Å². The van der Waals surface area contributed by atoms with Crippen molar-refractivity contribution in [1.82, 2.24) is 15.1 Å². The van der Waals surface area contributed by atoms with E-state index in [1.54, 1.807) is 0 Å². The minimum Gasteiger partial charge on any atom is -0.370 e. The lowest BCUT2D eigenvalue weighted by molar-refractivity contribution is -0.126. The fourth-order valence-corrected chi connectivity index (χ4v) is 5.72. The number of nitrogens with zero attached hydrogens (tertiary/aromatic N) is 3. The van der Waals surface area contributed by atoms with Gasteiger partial charge in [-0.1, -0.05) is 30.0 Å². The van der Waals surface area contributed by atoms with Gasteiger partial charge in [-0.3, -0.25) is 14.5 Å². The molecule has 8 nitrogen and oxygen atoms in total. The lowest BCUT2D eigenvalue weighted by Crippen LogP contribution is -2.50. The van der Waals surface area contributed by atoms with Crippen molar-refractivity contribution in [3.8, 4) is 0 Å². The topological polar surface area (TPSA) is 108 Å². The van der Waals surface area contributed by atoms with E-state index in [9.17, 15) is 9.59 Å². The van der Waals surface area contributed by atoms with Crippen molar-refractivity contribution < 1.29 is 9.59 Å². The zero-order chi connectivity index (χ0) is 24.8. The second-order valence-electron chi connectivity index (χ2n) is 9.30. The number of hydrogen-bond donors (Lipinski definition) is 3. The Hall–Kier alpha value is -2.59. The molecule has 2 heterocycles. The molecule has 9 heteroatoms. The molecule has 1 atom stereocenters. The van der Waals surface area contributed by atoms with Crippen LogP contribution in [0.5, 0.6) is 0 Å². The van der Waals surface area contributed by atoms with Gasteiger partial charge in [0, 0.05) is 55.6 Å². The average Bonchev–Trinajstić information content (AvgIpc) is 2.84. The van der Waals surface area contributed by atoms with Crippen molar-refractivity contribution >= 4 is 35.0 Å². The van der Waals surface area contributed by atoms with Gasteiger partial charge in [-0.25, -0.2) is 0 Å². The quantitative estimate of drug-likeness (QED) is 0.461. The summed E-state index contributed by atoms with van der Waals surface area (Å²) in [5.41, 5.74) is 14.7. The second kappa shape index (κ2) is 11.9. The summed E-state index contributed by atoms with van der Waals surface area (Å²) in [6, 6.07) is 14.5. The number of amides is 2. The van der Waals surface area contributed by atoms with E-state index in [2.05, 4.69) is 69.4 Å². The summed E-state index contributed by atoms with van der Waals surface area (Å²) in [4.78, 5) is 32.8. The Morgan fingerprint density at radius 3 is 2.40 bits per heavy atom. The molecule has 188 valence electrons. The molecule has 2 amide bonds. The maximum atomic E-state index is 11.9. The lowest BCUT2D eigenvalue weighted by atomic mass is 10.1. The Kier molecular flexibility index (Phi) is 8.67. The molecule has 0 bridgehead atoms. The number of nitrogens with one attached hydrogen (secondary N) is 1. The van der Waals surface area contributed by atoms with E-state index in [1.165, 1.54) is 26.7 Å². The number of nitrogens with two attached hydrogens (primary N) is 2. The Balaban J connectivity index is 1.21. The molecule has 1 unspecified atom stereocenters. The van der Waals surface area contributed by atoms with E-state index in [-0.39, 0.29) is 12.3 Å². The minimum atomic E-state index is -0.870. The summed E-state index contributed by atoms with van der Waals surface area (Å²) in [6.07, 6.45) is 0.970. The van der Waals surface area contributed by atoms with Crippen molar-refractivity contribution in [1.29, 1.82) is 0 Å². The van der Waals surface area contributed by atoms with Gasteiger partial charge < -0.3 is 26.6 Å². The summed E-state index contributed by atoms with van der Waals surface area (Å²) < 4.78 is 0. The largest absolute Gasteiger partial charge is 0.370 e. The number of fused-ring (bicyclic) bond motifs is 2. The molecule has 35 heavy (non-hydrogen) atoms. The summed E-state index contributed by atoms with van der Waals surface area (Å²) >= 11 is 1.86. The first kappa shape index (κ1) is 25.5. The predicted molar refractivity (Wildman–Crippen MR) is 141 cm³/mol. The number of hydrogen-bond acceptors (Lipinski definition) is 7. The normalized spacial score (nSPS) is 16.9. The Morgan fingerprint density at radius 2 is 1.66 bits per heavy atom. The SMILES string of the molecule is Cc1ccc2c(c1)N(CCCN1CCN(CCNC(=O)C(N)CC(N)=O)CC1)c1ccccc1S2. The van der Waals surface area contributed by atoms with Crippen LogP contribution in [0.2, 0.25) is 0 Å². The fraction of sp³-hybridized carbons (Fsp3) is 0.462. The third-order valence-electron chi connectivity index (χ3n) is 6.59. The van der Waals surface area contributed by atoms with Gasteiger partial charge in [0.15, 0.2) is 0 Å². The maximum Gasteiger partial charge on any atom is 0.237 e. The highest BCUT2D eigenvalue weighted by Gasteiger charge is 2.24. The number of carbonyl (C=O) groups is 2. The van der Waals surface area contributed by atoms with E-state index in [0.29, 0.717) is 6.54 Å². The Morgan fingerprint density at radius 1 is 0.971 bits per heavy atom. The van der Waals surface area contributed by atoms with Crippen LogP contribution in [0, 0.1) is 6.92 Å². The average molecular weight is 497 g/mol. The number of rotatable bonds is 10. The molecular weight excluding hydrogens is 460 g/mol. The van der Waals surface area contributed by atoms with Crippen LogP contribution in [0.1, 0.15) is 18.4 Å². The van der Waals surface area contributed by atoms with Gasteiger partial charge in [-0.05, 0) is 49.7 Å².